The number of nitrogens with one attached hydrogen (secondary N) is 1. The molecule has 0 bridgehead atoms. The van der Waals surface area contributed by atoms with Gasteiger partial charge < -0.3 is 9.73 Å². The van der Waals surface area contributed by atoms with Crippen molar-refractivity contribution in [3.63, 3.8) is 0 Å². The molecule has 0 saturated carbocycles. The van der Waals surface area contributed by atoms with Crippen molar-refractivity contribution >= 4 is 11.5 Å². The van der Waals surface area contributed by atoms with E-state index >= 15 is 0 Å². The number of fused-ring (bicyclic) bond motifs is 1. The van der Waals surface area contributed by atoms with Crippen molar-refractivity contribution in [1.82, 2.24) is 24.6 Å². The quantitative estimate of drug-likeness (QED) is 0.748. The summed E-state index contributed by atoms with van der Waals surface area (Å²) in [5.41, 5.74) is 0.693. The van der Waals surface area contributed by atoms with E-state index in [2.05, 4.69) is 25.5 Å². The van der Waals surface area contributed by atoms with E-state index in [1.807, 2.05) is 24.4 Å². The minimum absolute atomic E-state index is 0.465. The van der Waals surface area contributed by atoms with Gasteiger partial charge in [-0.1, -0.05) is 0 Å². The maximum Gasteiger partial charge on any atom is 0.213 e. The molecule has 3 aromatic rings. The maximum atomic E-state index is 5.38. The number of hydrogen-bond donors (Lipinski definition) is 1. The summed E-state index contributed by atoms with van der Waals surface area (Å²) in [5, 5.41) is 11.2. The summed E-state index contributed by atoms with van der Waals surface area (Å²) in [4.78, 5) is 8.35. The SMILES string of the molecule is Cc1cnc(CNc2nccn3c(C)nnc23)o1. The van der Waals surface area contributed by atoms with Crippen LogP contribution in [0.3, 0.4) is 0 Å². The Hall–Kier alpha value is -2.44. The molecule has 7 heteroatoms. The van der Waals surface area contributed by atoms with Crippen LogP contribution in [0.15, 0.2) is 23.0 Å². The third kappa shape index (κ3) is 1.79. The Morgan fingerprint density at radius 1 is 1.28 bits per heavy atom. The normalized spacial score (nSPS) is 11.0. The summed E-state index contributed by atoms with van der Waals surface area (Å²) >= 11 is 0. The van der Waals surface area contributed by atoms with Crippen LogP contribution in [0.25, 0.3) is 5.65 Å². The van der Waals surface area contributed by atoms with Gasteiger partial charge in [-0.05, 0) is 13.8 Å². The Kier molecular flexibility index (Phi) is 2.44. The highest BCUT2D eigenvalue weighted by atomic mass is 16.4. The fraction of sp³-hybridized carbons (Fsp3) is 0.273. The van der Waals surface area contributed by atoms with Gasteiger partial charge in [0.2, 0.25) is 11.5 Å². The number of rotatable bonds is 3. The standard InChI is InChI=1S/C11H12N6O/c1-7-5-13-9(18-7)6-14-10-11-16-15-8(2)17(11)4-3-12-10/h3-5H,6H2,1-2H3,(H,12,14). The fourth-order valence-electron chi connectivity index (χ4n) is 1.71. The van der Waals surface area contributed by atoms with Crippen LogP contribution in [0.4, 0.5) is 5.82 Å². The van der Waals surface area contributed by atoms with Crippen molar-refractivity contribution in [3.8, 4) is 0 Å². The molecule has 92 valence electrons. The van der Waals surface area contributed by atoms with E-state index in [-0.39, 0.29) is 0 Å². The van der Waals surface area contributed by atoms with Gasteiger partial charge in [-0.2, -0.15) is 0 Å². The zero-order valence-electron chi connectivity index (χ0n) is 10.1. The van der Waals surface area contributed by atoms with E-state index in [0.717, 1.165) is 11.6 Å². The van der Waals surface area contributed by atoms with E-state index in [1.165, 1.54) is 0 Å². The predicted molar refractivity (Wildman–Crippen MR) is 64.1 cm³/mol. The lowest BCUT2D eigenvalue weighted by atomic mass is 10.5. The molecule has 0 unspecified atom stereocenters. The van der Waals surface area contributed by atoms with Crippen LogP contribution in [0.5, 0.6) is 0 Å². The van der Waals surface area contributed by atoms with E-state index in [0.29, 0.717) is 23.9 Å². The lowest BCUT2D eigenvalue weighted by Gasteiger charge is -2.03. The lowest BCUT2D eigenvalue weighted by Crippen LogP contribution is -2.04. The van der Waals surface area contributed by atoms with Gasteiger partial charge in [-0.25, -0.2) is 9.97 Å². The van der Waals surface area contributed by atoms with Crippen LogP contribution >= 0.6 is 0 Å². The van der Waals surface area contributed by atoms with Crippen LogP contribution in [-0.2, 0) is 6.54 Å². The van der Waals surface area contributed by atoms with Gasteiger partial charge in [0.1, 0.15) is 11.6 Å². The van der Waals surface area contributed by atoms with Crippen LogP contribution in [0, 0.1) is 13.8 Å². The highest BCUT2D eigenvalue weighted by Crippen LogP contribution is 2.13. The smallest absolute Gasteiger partial charge is 0.213 e. The van der Waals surface area contributed by atoms with E-state index < -0.39 is 0 Å². The Labute approximate surface area is 103 Å². The molecule has 3 aromatic heterocycles. The molecule has 0 spiro atoms. The van der Waals surface area contributed by atoms with Gasteiger partial charge in [-0.3, -0.25) is 4.40 Å². The first-order valence-corrected chi connectivity index (χ1v) is 5.55. The highest BCUT2D eigenvalue weighted by Gasteiger charge is 2.08. The first kappa shape index (κ1) is 10.7. The molecular formula is C11H12N6O. The molecule has 3 rings (SSSR count). The zero-order valence-corrected chi connectivity index (χ0v) is 10.1. The minimum Gasteiger partial charge on any atom is -0.444 e. The second kappa shape index (κ2) is 4.10. The van der Waals surface area contributed by atoms with Crippen LogP contribution < -0.4 is 5.32 Å². The number of oxazole rings is 1. The molecule has 0 fully saturated rings. The van der Waals surface area contributed by atoms with E-state index in [1.54, 1.807) is 12.4 Å². The van der Waals surface area contributed by atoms with Crippen molar-refractivity contribution in [2.24, 2.45) is 0 Å². The van der Waals surface area contributed by atoms with Crippen molar-refractivity contribution in [2.45, 2.75) is 20.4 Å². The molecule has 0 aliphatic heterocycles. The Morgan fingerprint density at radius 3 is 2.94 bits per heavy atom. The fourth-order valence-corrected chi connectivity index (χ4v) is 1.71. The van der Waals surface area contributed by atoms with Crippen molar-refractivity contribution in [1.29, 1.82) is 0 Å². The van der Waals surface area contributed by atoms with Crippen molar-refractivity contribution < 1.29 is 4.42 Å². The molecule has 0 atom stereocenters. The molecule has 0 amide bonds. The van der Waals surface area contributed by atoms with Gasteiger partial charge in [0.15, 0.2) is 5.82 Å². The third-order valence-corrected chi connectivity index (χ3v) is 2.57. The van der Waals surface area contributed by atoms with Crippen molar-refractivity contribution in [2.75, 3.05) is 5.32 Å². The topological polar surface area (TPSA) is 81.1 Å². The molecular weight excluding hydrogens is 232 g/mol. The number of nitrogens with zero attached hydrogens (tertiary/aromatic N) is 5. The average Bonchev–Trinajstić information content (AvgIpc) is 2.94. The van der Waals surface area contributed by atoms with Gasteiger partial charge in [-0.15, -0.1) is 10.2 Å². The Balaban J connectivity index is 1.86. The van der Waals surface area contributed by atoms with Gasteiger partial charge in [0.05, 0.1) is 12.7 Å². The molecule has 0 aliphatic rings. The molecule has 18 heavy (non-hydrogen) atoms. The molecule has 1 N–H and O–H groups in total. The largest absolute Gasteiger partial charge is 0.444 e. The molecule has 0 saturated heterocycles. The average molecular weight is 244 g/mol. The van der Waals surface area contributed by atoms with E-state index in [9.17, 15) is 0 Å². The van der Waals surface area contributed by atoms with Gasteiger partial charge >= 0.3 is 0 Å². The molecule has 3 heterocycles. The Morgan fingerprint density at radius 2 is 2.17 bits per heavy atom. The number of aromatic nitrogens is 5. The molecule has 0 aromatic carbocycles. The number of anilines is 1. The minimum atomic E-state index is 0.465. The summed E-state index contributed by atoms with van der Waals surface area (Å²) in [7, 11) is 0. The first-order valence-electron chi connectivity index (χ1n) is 5.55. The summed E-state index contributed by atoms with van der Waals surface area (Å²) in [6, 6.07) is 0. The summed E-state index contributed by atoms with van der Waals surface area (Å²) in [6.45, 7) is 4.21. The van der Waals surface area contributed by atoms with Gasteiger partial charge in [0.25, 0.3) is 0 Å². The monoisotopic (exact) mass is 244 g/mol. The molecule has 0 radical (unpaired) electrons. The summed E-state index contributed by atoms with van der Waals surface area (Å²) < 4.78 is 7.25. The van der Waals surface area contributed by atoms with Crippen molar-refractivity contribution in [3.05, 3.63) is 36.1 Å². The first-order chi connectivity index (χ1) is 8.74. The number of hydrogen-bond acceptors (Lipinski definition) is 6. The van der Waals surface area contributed by atoms with Crippen LogP contribution in [0.1, 0.15) is 17.5 Å². The van der Waals surface area contributed by atoms with Gasteiger partial charge in [0, 0.05) is 12.4 Å². The predicted octanol–water partition coefficient (Wildman–Crippen LogP) is 1.34. The number of aryl methyl sites for hydroxylation is 2. The second-order valence-electron chi connectivity index (χ2n) is 3.93. The molecule has 7 nitrogen and oxygen atoms in total. The second-order valence-corrected chi connectivity index (χ2v) is 3.93. The third-order valence-electron chi connectivity index (χ3n) is 2.57. The summed E-state index contributed by atoms with van der Waals surface area (Å²) in [6.07, 6.45) is 5.21. The lowest BCUT2D eigenvalue weighted by molar-refractivity contribution is 0.479. The van der Waals surface area contributed by atoms with Crippen LogP contribution in [-0.4, -0.2) is 24.6 Å². The van der Waals surface area contributed by atoms with E-state index in [4.69, 9.17) is 4.42 Å². The zero-order chi connectivity index (χ0) is 12.5. The molecule has 0 aliphatic carbocycles. The summed E-state index contributed by atoms with van der Waals surface area (Å²) in [5.74, 6) is 2.89. The Bertz CT molecular complexity index is 686. The van der Waals surface area contributed by atoms with Crippen LogP contribution in [0.2, 0.25) is 0 Å². The highest BCUT2D eigenvalue weighted by molar-refractivity contribution is 5.61. The maximum absolute atomic E-state index is 5.38.